The van der Waals surface area contributed by atoms with Crippen LogP contribution in [0, 0.1) is 39.9 Å². The monoisotopic (exact) mass is 368 g/mol. The molecule has 0 amide bonds. The van der Waals surface area contributed by atoms with E-state index in [-0.39, 0.29) is 28.1 Å². The Labute approximate surface area is 162 Å². The molecule has 0 bridgehead atoms. The van der Waals surface area contributed by atoms with Crippen LogP contribution in [-0.2, 0) is 14.3 Å². The molecule has 0 aromatic heterocycles. The summed E-state index contributed by atoms with van der Waals surface area (Å²) in [5.41, 5.74) is 2.82. The SMILES string of the molecule is CC1(C)C(=O)CCC2(C)C3CCC4(C)C(CC=C5COC(=O)C54)C3=CCC12. The topological polar surface area (TPSA) is 43.4 Å². The van der Waals surface area contributed by atoms with Crippen molar-refractivity contribution in [3.8, 4) is 0 Å². The molecule has 3 nitrogen and oxygen atoms in total. The van der Waals surface area contributed by atoms with Gasteiger partial charge in [0.25, 0.3) is 0 Å². The average Bonchev–Trinajstić information content (AvgIpc) is 3.00. The molecule has 0 N–H and O–H groups in total. The number of rotatable bonds is 0. The minimum atomic E-state index is -0.218. The number of hydrogen-bond acceptors (Lipinski definition) is 3. The van der Waals surface area contributed by atoms with Crippen LogP contribution in [0.1, 0.15) is 66.2 Å². The number of fused-ring (bicyclic) bond motifs is 7. The zero-order valence-electron chi connectivity index (χ0n) is 17.1. The summed E-state index contributed by atoms with van der Waals surface area (Å²) in [5, 5.41) is 0. The zero-order chi connectivity index (χ0) is 19.2. The summed E-state index contributed by atoms with van der Waals surface area (Å²) >= 11 is 0. The van der Waals surface area contributed by atoms with Crippen molar-refractivity contribution >= 4 is 11.8 Å². The Bertz CT molecular complexity index is 787. The molecule has 3 heteroatoms. The molecule has 1 heterocycles. The third kappa shape index (κ3) is 2.09. The molecule has 5 aliphatic rings. The fourth-order valence-electron chi connectivity index (χ4n) is 7.91. The van der Waals surface area contributed by atoms with E-state index in [0.29, 0.717) is 30.1 Å². The summed E-state index contributed by atoms with van der Waals surface area (Å²) in [5.74, 6) is 1.87. The average molecular weight is 369 g/mol. The molecule has 0 spiro atoms. The number of Topliss-reactive ketones (excluding diaryl/α,β-unsaturated/α-hetero) is 1. The van der Waals surface area contributed by atoms with Crippen LogP contribution in [0.3, 0.4) is 0 Å². The molecule has 27 heavy (non-hydrogen) atoms. The first-order chi connectivity index (χ1) is 12.7. The van der Waals surface area contributed by atoms with Crippen LogP contribution >= 0.6 is 0 Å². The highest BCUT2D eigenvalue weighted by atomic mass is 16.5. The second kappa shape index (κ2) is 5.36. The quantitative estimate of drug-likeness (QED) is 0.453. The lowest BCUT2D eigenvalue weighted by atomic mass is 9.42. The Morgan fingerprint density at radius 1 is 0.963 bits per heavy atom. The van der Waals surface area contributed by atoms with Crippen molar-refractivity contribution in [1.82, 2.24) is 0 Å². The van der Waals surface area contributed by atoms with E-state index >= 15 is 0 Å². The lowest BCUT2D eigenvalue weighted by Crippen LogP contribution is -2.56. The first-order valence-corrected chi connectivity index (χ1v) is 10.8. The van der Waals surface area contributed by atoms with Gasteiger partial charge in [0, 0.05) is 11.8 Å². The molecule has 5 rings (SSSR count). The molecule has 0 aromatic rings. The molecule has 4 aliphatic carbocycles. The highest BCUT2D eigenvalue weighted by Crippen LogP contribution is 2.67. The summed E-state index contributed by atoms with van der Waals surface area (Å²) < 4.78 is 5.43. The van der Waals surface area contributed by atoms with Gasteiger partial charge in [-0.1, -0.05) is 45.4 Å². The van der Waals surface area contributed by atoms with Gasteiger partial charge < -0.3 is 4.74 Å². The van der Waals surface area contributed by atoms with E-state index in [0.717, 1.165) is 38.5 Å². The standard InChI is InChI=1S/C24H32O3/c1-22(2)18-8-6-15-16-7-5-14-13-27-21(26)20(14)24(16,4)11-9-17(15)23(18,3)12-10-19(22)25/h5-6,16-18,20H,7-13H2,1-4H3. The largest absolute Gasteiger partial charge is 0.461 e. The fourth-order valence-corrected chi connectivity index (χ4v) is 7.91. The molecule has 3 fully saturated rings. The third-order valence-corrected chi connectivity index (χ3v) is 9.50. The molecule has 1 saturated heterocycles. The molecular weight excluding hydrogens is 336 g/mol. The van der Waals surface area contributed by atoms with Crippen LogP contribution in [0.5, 0.6) is 0 Å². The van der Waals surface area contributed by atoms with Crippen molar-refractivity contribution in [3.05, 3.63) is 23.3 Å². The lowest BCUT2D eigenvalue weighted by molar-refractivity contribution is -0.149. The Kier molecular flexibility index (Phi) is 3.51. The number of cyclic esters (lactones) is 1. The van der Waals surface area contributed by atoms with Crippen LogP contribution in [0.25, 0.3) is 0 Å². The van der Waals surface area contributed by atoms with E-state index in [2.05, 4.69) is 39.8 Å². The Balaban J connectivity index is 1.56. The van der Waals surface area contributed by atoms with Gasteiger partial charge in [-0.15, -0.1) is 0 Å². The second-order valence-electron chi connectivity index (χ2n) is 10.8. The summed E-state index contributed by atoms with van der Waals surface area (Å²) in [6, 6.07) is 0. The maximum absolute atomic E-state index is 12.6. The van der Waals surface area contributed by atoms with Crippen molar-refractivity contribution in [2.45, 2.75) is 66.2 Å². The van der Waals surface area contributed by atoms with Gasteiger partial charge in [-0.25, -0.2) is 0 Å². The number of allylic oxidation sites excluding steroid dienone is 3. The van der Waals surface area contributed by atoms with Crippen LogP contribution < -0.4 is 0 Å². The molecule has 0 aromatic carbocycles. The Morgan fingerprint density at radius 2 is 1.74 bits per heavy atom. The van der Waals surface area contributed by atoms with E-state index in [4.69, 9.17) is 4.74 Å². The Morgan fingerprint density at radius 3 is 2.52 bits per heavy atom. The normalized spacial score (nSPS) is 47.7. The second-order valence-corrected chi connectivity index (χ2v) is 10.8. The number of carbonyl (C=O) groups is 2. The van der Waals surface area contributed by atoms with Crippen molar-refractivity contribution < 1.29 is 14.3 Å². The van der Waals surface area contributed by atoms with Gasteiger partial charge in [0.1, 0.15) is 12.4 Å². The number of carbonyl (C=O) groups excluding carboxylic acids is 2. The summed E-state index contributed by atoms with van der Waals surface area (Å²) in [4.78, 5) is 25.2. The van der Waals surface area contributed by atoms with Crippen molar-refractivity contribution in [1.29, 1.82) is 0 Å². The van der Waals surface area contributed by atoms with Crippen LogP contribution in [0.15, 0.2) is 23.3 Å². The number of ether oxygens (including phenoxy) is 1. The fraction of sp³-hybridized carbons (Fsp3) is 0.750. The number of ketones is 1. The van der Waals surface area contributed by atoms with E-state index in [1.807, 2.05) is 0 Å². The third-order valence-electron chi connectivity index (χ3n) is 9.50. The lowest BCUT2D eigenvalue weighted by Gasteiger charge is -2.61. The highest BCUT2D eigenvalue weighted by molar-refractivity contribution is 5.85. The highest BCUT2D eigenvalue weighted by Gasteiger charge is 2.61. The first-order valence-electron chi connectivity index (χ1n) is 10.8. The molecule has 6 atom stereocenters. The van der Waals surface area contributed by atoms with Gasteiger partial charge in [-0.3, -0.25) is 9.59 Å². The van der Waals surface area contributed by atoms with Crippen molar-refractivity contribution in [3.63, 3.8) is 0 Å². The molecule has 6 unspecified atom stereocenters. The minimum absolute atomic E-state index is 0.00297. The smallest absolute Gasteiger partial charge is 0.314 e. The number of hydrogen-bond donors (Lipinski definition) is 0. The van der Waals surface area contributed by atoms with Gasteiger partial charge in [-0.05, 0) is 66.3 Å². The zero-order valence-corrected chi connectivity index (χ0v) is 17.1. The van der Waals surface area contributed by atoms with E-state index in [1.54, 1.807) is 5.57 Å². The predicted molar refractivity (Wildman–Crippen MR) is 104 cm³/mol. The predicted octanol–water partition coefficient (Wildman–Crippen LogP) is 4.86. The van der Waals surface area contributed by atoms with Gasteiger partial charge in [0.05, 0.1) is 5.92 Å². The maximum atomic E-state index is 12.6. The van der Waals surface area contributed by atoms with Crippen LogP contribution in [0.2, 0.25) is 0 Å². The van der Waals surface area contributed by atoms with Gasteiger partial charge >= 0.3 is 5.97 Å². The van der Waals surface area contributed by atoms with E-state index in [9.17, 15) is 9.59 Å². The Hall–Kier alpha value is -1.38. The van der Waals surface area contributed by atoms with Gasteiger partial charge in [-0.2, -0.15) is 0 Å². The maximum Gasteiger partial charge on any atom is 0.314 e. The summed E-state index contributed by atoms with van der Waals surface area (Å²) in [7, 11) is 0. The van der Waals surface area contributed by atoms with Crippen LogP contribution in [0.4, 0.5) is 0 Å². The summed E-state index contributed by atoms with van der Waals surface area (Å²) in [6.45, 7) is 9.65. The van der Waals surface area contributed by atoms with Crippen LogP contribution in [-0.4, -0.2) is 18.4 Å². The van der Waals surface area contributed by atoms with E-state index < -0.39 is 0 Å². The van der Waals surface area contributed by atoms with Gasteiger partial charge in [0.2, 0.25) is 0 Å². The molecular formula is C24H32O3. The minimum Gasteiger partial charge on any atom is -0.461 e. The van der Waals surface area contributed by atoms with Crippen molar-refractivity contribution in [2.75, 3.05) is 6.61 Å². The first kappa shape index (κ1) is 17.7. The molecule has 2 saturated carbocycles. The summed E-state index contributed by atoms with van der Waals surface area (Å²) in [6.07, 6.45) is 10.8. The van der Waals surface area contributed by atoms with E-state index in [1.165, 1.54) is 5.57 Å². The molecule has 0 radical (unpaired) electrons. The number of esters is 1. The molecule has 146 valence electrons. The molecule has 1 aliphatic heterocycles. The van der Waals surface area contributed by atoms with Crippen molar-refractivity contribution in [2.24, 2.45) is 39.9 Å². The van der Waals surface area contributed by atoms with Gasteiger partial charge in [0.15, 0.2) is 0 Å².